The van der Waals surface area contributed by atoms with E-state index in [-0.39, 0.29) is 6.42 Å². The van der Waals surface area contributed by atoms with Gasteiger partial charge in [-0.05, 0) is 24.8 Å². The highest BCUT2D eigenvalue weighted by atomic mass is 31.2. The number of hydrogen-bond acceptors (Lipinski definition) is 4. The van der Waals surface area contributed by atoms with Crippen molar-refractivity contribution in [3.8, 4) is 0 Å². The fraction of sp³-hybridized carbons (Fsp3) is 0.385. The van der Waals surface area contributed by atoms with Gasteiger partial charge in [0.15, 0.2) is 0 Å². The molecule has 0 radical (unpaired) electrons. The lowest BCUT2D eigenvalue weighted by molar-refractivity contribution is -0.157. The highest BCUT2D eigenvalue weighted by Crippen LogP contribution is 2.33. The van der Waals surface area contributed by atoms with Crippen LogP contribution in [0.2, 0.25) is 0 Å². The molecule has 2 N–H and O–H groups in total. The number of carbonyl (C=O) groups is 2. The predicted molar refractivity (Wildman–Crippen MR) is 72.0 cm³/mol. The Balaban J connectivity index is 2.17. The van der Waals surface area contributed by atoms with Gasteiger partial charge in [0.05, 0.1) is 0 Å². The van der Waals surface area contributed by atoms with Crippen molar-refractivity contribution in [2.24, 2.45) is 0 Å². The SMILES string of the molecule is O=C(CCCCc1ccccc1)OC(=O)CP(=O)(O)O. The second-order valence-corrected chi connectivity index (χ2v) is 6.01. The van der Waals surface area contributed by atoms with Crippen molar-refractivity contribution in [3.05, 3.63) is 35.9 Å². The zero-order valence-corrected chi connectivity index (χ0v) is 11.8. The highest BCUT2D eigenvalue weighted by molar-refractivity contribution is 7.52. The van der Waals surface area contributed by atoms with Crippen LogP contribution in [0.1, 0.15) is 24.8 Å². The Morgan fingerprint density at radius 2 is 1.70 bits per heavy atom. The number of rotatable bonds is 7. The van der Waals surface area contributed by atoms with Gasteiger partial charge in [0.2, 0.25) is 0 Å². The predicted octanol–water partition coefficient (Wildman–Crippen LogP) is 1.65. The van der Waals surface area contributed by atoms with Gasteiger partial charge in [0, 0.05) is 6.42 Å². The van der Waals surface area contributed by atoms with Crippen LogP contribution in [-0.2, 0) is 25.3 Å². The van der Waals surface area contributed by atoms with Crippen molar-refractivity contribution in [1.29, 1.82) is 0 Å². The summed E-state index contributed by atoms with van der Waals surface area (Å²) in [5.41, 5.74) is 1.17. The third-order valence-electron chi connectivity index (χ3n) is 2.50. The van der Waals surface area contributed by atoms with Gasteiger partial charge in [0.25, 0.3) is 0 Å². The Morgan fingerprint density at radius 1 is 1.05 bits per heavy atom. The van der Waals surface area contributed by atoms with Crippen LogP contribution in [0.25, 0.3) is 0 Å². The zero-order valence-electron chi connectivity index (χ0n) is 10.9. The van der Waals surface area contributed by atoms with Crippen LogP contribution in [0.4, 0.5) is 0 Å². The lowest BCUT2D eigenvalue weighted by atomic mass is 10.1. The molecule has 110 valence electrons. The van der Waals surface area contributed by atoms with E-state index in [4.69, 9.17) is 9.79 Å². The van der Waals surface area contributed by atoms with E-state index in [2.05, 4.69) is 4.74 Å². The Kier molecular flexibility index (Phi) is 6.58. The first-order valence-electron chi connectivity index (χ1n) is 6.19. The van der Waals surface area contributed by atoms with Crippen LogP contribution in [-0.4, -0.2) is 27.9 Å². The topological polar surface area (TPSA) is 101 Å². The summed E-state index contributed by atoms with van der Waals surface area (Å²) >= 11 is 0. The maximum Gasteiger partial charge on any atom is 0.336 e. The number of ether oxygens (including phenoxy) is 1. The van der Waals surface area contributed by atoms with Gasteiger partial charge in [-0.1, -0.05) is 30.3 Å². The summed E-state index contributed by atoms with van der Waals surface area (Å²) < 4.78 is 14.8. The first kappa shape index (κ1) is 16.6. The molecule has 0 saturated carbocycles. The van der Waals surface area contributed by atoms with Gasteiger partial charge in [-0.2, -0.15) is 0 Å². The van der Waals surface area contributed by atoms with E-state index < -0.39 is 25.7 Å². The molecule has 0 saturated heterocycles. The summed E-state index contributed by atoms with van der Waals surface area (Å²) in [6.45, 7) is 0. The number of aryl methyl sites for hydroxylation is 1. The van der Waals surface area contributed by atoms with Crippen molar-refractivity contribution >= 4 is 19.5 Å². The van der Waals surface area contributed by atoms with E-state index in [0.29, 0.717) is 6.42 Å². The van der Waals surface area contributed by atoms with Crippen molar-refractivity contribution < 1.29 is 28.7 Å². The molecule has 0 atom stereocenters. The van der Waals surface area contributed by atoms with E-state index in [0.717, 1.165) is 12.8 Å². The standard InChI is InChI=1S/C13H17O6P/c14-12(19-13(15)10-20(16,17)18)9-5-4-8-11-6-2-1-3-7-11/h1-3,6-7H,4-5,8-10H2,(H2,16,17,18). The van der Waals surface area contributed by atoms with E-state index in [1.54, 1.807) is 0 Å². The smallest absolute Gasteiger partial charge is 0.336 e. The number of carbonyl (C=O) groups excluding carboxylic acids is 2. The van der Waals surface area contributed by atoms with Crippen LogP contribution in [0.15, 0.2) is 30.3 Å². The van der Waals surface area contributed by atoms with Gasteiger partial charge < -0.3 is 14.5 Å². The minimum atomic E-state index is -4.48. The minimum Gasteiger partial charge on any atom is -0.393 e. The van der Waals surface area contributed by atoms with Gasteiger partial charge >= 0.3 is 19.5 Å². The fourth-order valence-electron chi connectivity index (χ4n) is 1.62. The summed E-state index contributed by atoms with van der Waals surface area (Å²) in [7, 11) is -4.48. The summed E-state index contributed by atoms with van der Waals surface area (Å²) in [6, 6.07) is 9.77. The minimum absolute atomic E-state index is 0.0553. The molecular formula is C13H17O6P. The van der Waals surface area contributed by atoms with Crippen molar-refractivity contribution in [1.82, 2.24) is 0 Å². The lowest BCUT2D eigenvalue weighted by Gasteiger charge is -2.04. The van der Waals surface area contributed by atoms with Gasteiger partial charge in [-0.25, -0.2) is 0 Å². The maximum atomic E-state index is 11.3. The molecule has 0 bridgehead atoms. The Labute approximate surface area is 116 Å². The van der Waals surface area contributed by atoms with Crippen LogP contribution in [0, 0.1) is 0 Å². The molecular weight excluding hydrogens is 283 g/mol. The van der Waals surface area contributed by atoms with E-state index in [9.17, 15) is 14.2 Å². The van der Waals surface area contributed by atoms with E-state index >= 15 is 0 Å². The quantitative estimate of drug-likeness (QED) is 0.343. The average molecular weight is 300 g/mol. The largest absolute Gasteiger partial charge is 0.393 e. The monoisotopic (exact) mass is 300 g/mol. The molecule has 0 aromatic heterocycles. The van der Waals surface area contributed by atoms with Gasteiger partial charge in [0.1, 0.15) is 6.16 Å². The lowest BCUT2D eigenvalue weighted by Crippen LogP contribution is -2.15. The summed E-state index contributed by atoms with van der Waals surface area (Å²) in [5, 5.41) is 0. The molecule has 1 rings (SSSR count). The number of esters is 2. The van der Waals surface area contributed by atoms with Crippen LogP contribution >= 0.6 is 7.60 Å². The normalized spacial score (nSPS) is 11.1. The number of hydrogen-bond donors (Lipinski definition) is 2. The first-order chi connectivity index (χ1) is 9.37. The summed E-state index contributed by atoms with van der Waals surface area (Å²) in [6.07, 6.45) is 1.13. The molecule has 0 aliphatic heterocycles. The molecule has 20 heavy (non-hydrogen) atoms. The molecule has 7 heteroatoms. The maximum absolute atomic E-state index is 11.3. The van der Waals surface area contributed by atoms with E-state index in [1.165, 1.54) is 5.56 Å². The Morgan fingerprint density at radius 3 is 2.30 bits per heavy atom. The third kappa shape index (κ3) is 7.84. The molecule has 0 aliphatic rings. The average Bonchev–Trinajstić information content (AvgIpc) is 2.33. The van der Waals surface area contributed by atoms with Crippen LogP contribution < -0.4 is 0 Å². The van der Waals surface area contributed by atoms with Crippen LogP contribution in [0.3, 0.4) is 0 Å². The first-order valence-corrected chi connectivity index (χ1v) is 7.98. The Hall–Kier alpha value is -1.49. The van der Waals surface area contributed by atoms with Gasteiger partial charge in [-0.15, -0.1) is 0 Å². The van der Waals surface area contributed by atoms with Gasteiger partial charge in [-0.3, -0.25) is 14.2 Å². The van der Waals surface area contributed by atoms with Crippen molar-refractivity contribution in [2.75, 3.05) is 6.16 Å². The third-order valence-corrected chi connectivity index (χ3v) is 3.17. The fourth-order valence-corrected chi connectivity index (χ4v) is 2.02. The molecule has 0 heterocycles. The molecule has 0 aliphatic carbocycles. The zero-order chi connectivity index (χ0) is 15.0. The summed E-state index contributed by atoms with van der Waals surface area (Å²) in [4.78, 5) is 39.3. The second-order valence-electron chi connectivity index (χ2n) is 4.36. The molecule has 6 nitrogen and oxygen atoms in total. The number of unbranched alkanes of at least 4 members (excludes halogenated alkanes) is 1. The number of benzene rings is 1. The molecule has 0 spiro atoms. The molecule has 0 unspecified atom stereocenters. The Bertz CT molecular complexity index is 493. The molecule has 1 aromatic rings. The summed E-state index contributed by atoms with van der Waals surface area (Å²) in [5.74, 6) is -1.94. The highest BCUT2D eigenvalue weighted by Gasteiger charge is 2.22. The van der Waals surface area contributed by atoms with Crippen LogP contribution in [0.5, 0.6) is 0 Å². The van der Waals surface area contributed by atoms with E-state index in [1.807, 2.05) is 30.3 Å². The van der Waals surface area contributed by atoms with Crippen molar-refractivity contribution in [2.45, 2.75) is 25.7 Å². The molecule has 0 amide bonds. The molecule has 0 fully saturated rings. The second kappa shape index (κ2) is 7.94. The molecule has 1 aromatic carbocycles. The van der Waals surface area contributed by atoms with Crippen molar-refractivity contribution in [3.63, 3.8) is 0 Å².